The fourth-order valence-corrected chi connectivity index (χ4v) is 3.65. The van der Waals surface area contributed by atoms with Crippen molar-refractivity contribution in [2.75, 3.05) is 10.6 Å². The number of carbonyl (C=O) groups excluding carboxylic acids is 3. The Bertz CT molecular complexity index is 872. The summed E-state index contributed by atoms with van der Waals surface area (Å²) in [5, 5.41) is 6.38. The standard InChI is InChI=1S/C22H23ClN2O3/c1-14(26)15-9-11-19(12-10-15)24-21(27)16-5-7-17(8-6-16)22(28)25-20-4-2-3-18(23)13-20/h2-4,9-13,16-17H,5-8H2,1H3,(H,24,27)(H,25,28). The molecule has 2 aromatic rings. The summed E-state index contributed by atoms with van der Waals surface area (Å²) in [5.74, 6) is -0.280. The third kappa shape index (κ3) is 5.20. The molecule has 0 radical (unpaired) electrons. The van der Waals surface area contributed by atoms with E-state index in [2.05, 4.69) is 10.6 Å². The van der Waals surface area contributed by atoms with Gasteiger partial charge in [-0.05, 0) is 75.1 Å². The van der Waals surface area contributed by atoms with Gasteiger partial charge in [-0.25, -0.2) is 0 Å². The number of halogens is 1. The molecule has 146 valence electrons. The van der Waals surface area contributed by atoms with Crippen molar-refractivity contribution in [2.45, 2.75) is 32.6 Å². The third-order valence-electron chi connectivity index (χ3n) is 5.12. The lowest BCUT2D eigenvalue weighted by atomic mass is 9.81. The lowest BCUT2D eigenvalue weighted by molar-refractivity contribution is -0.125. The molecule has 1 fully saturated rings. The third-order valence-corrected chi connectivity index (χ3v) is 5.35. The molecule has 0 heterocycles. The van der Waals surface area contributed by atoms with Gasteiger partial charge in [-0.2, -0.15) is 0 Å². The van der Waals surface area contributed by atoms with E-state index in [4.69, 9.17) is 11.6 Å². The van der Waals surface area contributed by atoms with Gasteiger partial charge in [0.1, 0.15) is 0 Å². The smallest absolute Gasteiger partial charge is 0.227 e. The van der Waals surface area contributed by atoms with E-state index in [1.54, 1.807) is 48.5 Å². The Morgan fingerprint density at radius 2 is 1.36 bits per heavy atom. The normalized spacial score (nSPS) is 18.9. The van der Waals surface area contributed by atoms with Gasteiger partial charge in [-0.1, -0.05) is 17.7 Å². The zero-order valence-electron chi connectivity index (χ0n) is 15.7. The van der Waals surface area contributed by atoms with E-state index in [1.807, 2.05) is 0 Å². The minimum absolute atomic E-state index is 0.00718. The molecular weight excluding hydrogens is 376 g/mol. The van der Waals surface area contributed by atoms with Crippen molar-refractivity contribution < 1.29 is 14.4 Å². The lowest BCUT2D eigenvalue weighted by Gasteiger charge is -2.27. The van der Waals surface area contributed by atoms with Crippen molar-refractivity contribution >= 4 is 40.6 Å². The average molecular weight is 399 g/mol. The largest absolute Gasteiger partial charge is 0.326 e. The Morgan fingerprint density at radius 1 is 0.821 bits per heavy atom. The monoisotopic (exact) mass is 398 g/mol. The van der Waals surface area contributed by atoms with E-state index in [-0.39, 0.29) is 29.4 Å². The zero-order chi connectivity index (χ0) is 20.1. The molecule has 0 unspecified atom stereocenters. The van der Waals surface area contributed by atoms with Gasteiger partial charge in [0.05, 0.1) is 0 Å². The zero-order valence-corrected chi connectivity index (χ0v) is 16.5. The molecule has 6 heteroatoms. The van der Waals surface area contributed by atoms with Crippen molar-refractivity contribution in [1.82, 2.24) is 0 Å². The van der Waals surface area contributed by atoms with Crippen LogP contribution in [-0.4, -0.2) is 17.6 Å². The number of benzene rings is 2. The van der Waals surface area contributed by atoms with Crippen molar-refractivity contribution in [3.63, 3.8) is 0 Å². The van der Waals surface area contributed by atoms with E-state index in [9.17, 15) is 14.4 Å². The Balaban J connectivity index is 1.49. The van der Waals surface area contributed by atoms with Crippen molar-refractivity contribution in [2.24, 2.45) is 11.8 Å². The fraction of sp³-hybridized carbons (Fsp3) is 0.318. The Morgan fingerprint density at radius 3 is 1.86 bits per heavy atom. The molecule has 0 spiro atoms. The van der Waals surface area contributed by atoms with Gasteiger partial charge in [0.2, 0.25) is 11.8 Å². The first-order valence-corrected chi connectivity index (χ1v) is 9.78. The van der Waals surface area contributed by atoms with Gasteiger partial charge in [-0.15, -0.1) is 0 Å². The van der Waals surface area contributed by atoms with Crippen LogP contribution in [0.1, 0.15) is 43.0 Å². The second kappa shape index (κ2) is 9.02. The Kier molecular flexibility index (Phi) is 6.47. The van der Waals surface area contributed by atoms with Crippen molar-refractivity contribution in [1.29, 1.82) is 0 Å². The van der Waals surface area contributed by atoms with E-state index in [0.717, 1.165) is 0 Å². The first kappa shape index (κ1) is 20.1. The summed E-state index contributed by atoms with van der Waals surface area (Å²) in [7, 11) is 0. The number of carbonyl (C=O) groups is 3. The van der Waals surface area contributed by atoms with Gasteiger partial charge in [0.25, 0.3) is 0 Å². The molecular formula is C22H23ClN2O3. The van der Waals surface area contributed by atoms with Crippen LogP contribution in [0.15, 0.2) is 48.5 Å². The summed E-state index contributed by atoms with van der Waals surface area (Å²) in [6, 6.07) is 14.0. The molecule has 0 saturated heterocycles. The first-order valence-electron chi connectivity index (χ1n) is 9.40. The topological polar surface area (TPSA) is 75.3 Å². The van der Waals surface area contributed by atoms with Crippen LogP contribution in [0.2, 0.25) is 5.02 Å². The number of ketones is 1. The van der Waals surface area contributed by atoms with Crippen LogP contribution >= 0.6 is 11.6 Å². The molecule has 1 aliphatic rings. The maximum atomic E-state index is 12.5. The number of Topliss-reactive ketones (excluding diaryl/α,β-unsaturated/α-hetero) is 1. The molecule has 2 N–H and O–H groups in total. The molecule has 0 aliphatic heterocycles. The number of nitrogens with one attached hydrogen (secondary N) is 2. The van der Waals surface area contributed by atoms with Crippen LogP contribution in [0.5, 0.6) is 0 Å². The summed E-state index contributed by atoms with van der Waals surface area (Å²) < 4.78 is 0. The van der Waals surface area contributed by atoms with Crippen molar-refractivity contribution in [3.8, 4) is 0 Å². The number of amides is 2. The van der Waals surface area contributed by atoms with E-state index < -0.39 is 0 Å². The van der Waals surface area contributed by atoms with Gasteiger partial charge < -0.3 is 10.6 Å². The number of hydrogen-bond acceptors (Lipinski definition) is 3. The quantitative estimate of drug-likeness (QED) is 0.701. The van der Waals surface area contributed by atoms with Crippen molar-refractivity contribution in [3.05, 3.63) is 59.1 Å². The van der Waals surface area contributed by atoms with E-state index >= 15 is 0 Å². The highest BCUT2D eigenvalue weighted by Gasteiger charge is 2.30. The first-order chi connectivity index (χ1) is 13.4. The molecule has 28 heavy (non-hydrogen) atoms. The predicted molar refractivity (Wildman–Crippen MR) is 111 cm³/mol. The minimum Gasteiger partial charge on any atom is -0.326 e. The van der Waals surface area contributed by atoms with Crippen LogP contribution in [0.25, 0.3) is 0 Å². The average Bonchev–Trinajstić information content (AvgIpc) is 2.68. The van der Waals surface area contributed by atoms with Gasteiger partial charge in [-0.3, -0.25) is 14.4 Å². The maximum Gasteiger partial charge on any atom is 0.227 e. The Labute approximate surface area is 169 Å². The SMILES string of the molecule is CC(=O)c1ccc(NC(=O)C2CCC(C(=O)Nc3cccc(Cl)c3)CC2)cc1. The molecule has 0 aromatic heterocycles. The fourth-order valence-electron chi connectivity index (χ4n) is 3.46. The number of anilines is 2. The van der Waals surface area contributed by atoms with Crippen LogP contribution in [0, 0.1) is 11.8 Å². The molecule has 2 amide bonds. The second-order valence-electron chi connectivity index (χ2n) is 7.17. The lowest BCUT2D eigenvalue weighted by Crippen LogP contribution is -2.32. The summed E-state index contributed by atoms with van der Waals surface area (Å²) >= 11 is 5.95. The number of hydrogen-bond donors (Lipinski definition) is 2. The van der Waals surface area contributed by atoms with Crippen LogP contribution in [0.3, 0.4) is 0 Å². The minimum atomic E-state index is -0.109. The van der Waals surface area contributed by atoms with Crippen LogP contribution in [-0.2, 0) is 9.59 Å². The molecule has 5 nitrogen and oxygen atoms in total. The van der Waals surface area contributed by atoms with Gasteiger partial charge in [0.15, 0.2) is 5.78 Å². The van der Waals surface area contributed by atoms with Crippen LogP contribution in [0.4, 0.5) is 11.4 Å². The van der Waals surface area contributed by atoms with E-state index in [1.165, 1.54) is 6.92 Å². The summed E-state index contributed by atoms with van der Waals surface area (Å²) in [4.78, 5) is 36.3. The molecule has 2 aromatic carbocycles. The van der Waals surface area contributed by atoms with E-state index in [0.29, 0.717) is 47.6 Å². The molecule has 0 atom stereocenters. The highest BCUT2D eigenvalue weighted by atomic mass is 35.5. The number of rotatable bonds is 5. The summed E-state index contributed by atoms with van der Waals surface area (Å²) in [6.45, 7) is 1.51. The van der Waals surface area contributed by atoms with Crippen LogP contribution < -0.4 is 10.6 Å². The highest BCUT2D eigenvalue weighted by molar-refractivity contribution is 6.30. The molecule has 1 saturated carbocycles. The summed E-state index contributed by atoms with van der Waals surface area (Å²) in [6.07, 6.45) is 2.69. The second-order valence-corrected chi connectivity index (χ2v) is 7.61. The highest BCUT2D eigenvalue weighted by Crippen LogP contribution is 2.31. The van der Waals surface area contributed by atoms with Gasteiger partial charge >= 0.3 is 0 Å². The predicted octanol–water partition coefficient (Wildman–Crippen LogP) is 4.93. The van der Waals surface area contributed by atoms with Gasteiger partial charge in [0, 0.05) is 33.8 Å². The molecule has 3 rings (SSSR count). The summed E-state index contributed by atoms with van der Waals surface area (Å²) in [5.41, 5.74) is 1.98. The Hall–Kier alpha value is -2.66. The molecule has 1 aliphatic carbocycles. The maximum absolute atomic E-state index is 12.5. The molecule has 0 bridgehead atoms.